The van der Waals surface area contributed by atoms with E-state index in [1.165, 1.54) is 0 Å². The van der Waals surface area contributed by atoms with E-state index < -0.39 is 0 Å². The molecule has 1 amide bonds. The first kappa shape index (κ1) is 5.96. The van der Waals surface area contributed by atoms with Gasteiger partial charge in [0.25, 0.3) is 0 Å². The van der Waals surface area contributed by atoms with Gasteiger partial charge in [0, 0.05) is 5.92 Å². The third kappa shape index (κ3) is 0.681. The van der Waals surface area contributed by atoms with Gasteiger partial charge in [0.05, 0.1) is 0 Å². The largest absolute Gasteiger partial charge is 0.369 e. The highest BCUT2D eigenvalue weighted by Crippen LogP contribution is 2.42. The molecule has 2 N–H and O–H groups in total. The summed E-state index contributed by atoms with van der Waals surface area (Å²) in [7, 11) is 0. The zero-order valence-electron chi connectivity index (χ0n) is 5.79. The Morgan fingerprint density at radius 3 is 2.50 bits per heavy atom. The Bertz CT molecular complexity index is 197. The fourth-order valence-electron chi connectivity index (χ4n) is 2.11. The van der Waals surface area contributed by atoms with Gasteiger partial charge >= 0.3 is 0 Å². The second-order valence-corrected chi connectivity index (χ2v) is 3.29. The molecule has 1 saturated carbocycles. The molecule has 0 aromatic carbocycles. The molecule has 3 atom stereocenters. The van der Waals surface area contributed by atoms with Crippen LogP contribution in [0, 0.1) is 17.8 Å². The zero-order chi connectivity index (χ0) is 7.14. The minimum Gasteiger partial charge on any atom is -0.369 e. The maximum Gasteiger partial charge on any atom is 0.221 e. The minimum absolute atomic E-state index is 0.114. The summed E-state index contributed by atoms with van der Waals surface area (Å²) in [6.07, 6.45) is 6.51. The molecule has 2 heteroatoms. The molecule has 0 aliphatic heterocycles. The van der Waals surface area contributed by atoms with Crippen molar-refractivity contribution in [3.05, 3.63) is 12.2 Å². The SMILES string of the molecule is NC(=O)[C@H]1C[C@H]2C=C[C@H]1C2. The molecule has 0 spiro atoms. The van der Waals surface area contributed by atoms with Crippen molar-refractivity contribution >= 4 is 5.91 Å². The van der Waals surface area contributed by atoms with Gasteiger partial charge in [-0.3, -0.25) is 4.79 Å². The van der Waals surface area contributed by atoms with E-state index >= 15 is 0 Å². The molecule has 0 saturated heterocycles. The van der Waals surface area contributed by atoms with Crippen LogP contribution in [0.25, 0.3) is 0 Å². The average Bonchev–Trinajstić information content (AvgIpc) is 2.44. The highest BCUT2D eigenvalue weighted by atomic mass is 16.1. The van der Waals surface area contributed by atoms with Crippen LogP contribution in [0.2, 0.25) is 0 Å². The van der Waals surface area contributed by atoms with Crippen LogP contribution in [0.3, 0.4) is 0 Å². The van der Waals surface area contributed by atoms with Crippen LogP contribution in [0.5, 0.6) is 0 Å². The summed E-state index contributed by atoms with van der Waals surface area (Å²) < 4.78 is 0. The normalized spacial score (nSPS) is 42.6. The second kappa shape index (κ2) is 1.84. The molecular formula is C8H11NO. The van der Waals surface area contributed by atoms with Crippen LogP contribution >= 0.6 is 0 Å². The fourth-order valence-corrected chi connectivity index (χ4v) is 2.11. The molecule has 2 aliphatic carbocycles. The van der Waals surface area contributed by atoms with E-state index in [1.54, 1.807) is 0 Å². The fraction of sp³-hybridized carbons (Fsp3) is 0.625. The van der Waals surface area contributed by atoms with Crippen molar-refractivity contribution in [2.75, 3.05) is 0 Å². The molecule has 1 fully saturated rings. The summed E-state index contributed by atoms with van der Waals surface area (Å²) in [5.74, 6) is 1.16. The van der Waals surface area contributed by atoms with E-state index in [0.29, 0.717) is 11.8 Å². The van der Waals surface area contributed by atoms with Crippen molar-refractivity contribution in [2.24, 2.45) is 23.5 Å². The maximum absolute atomic E-state index is 10.8. The van der Waals surface area contributed by atoms with E-state index in [0.717, 1.165) is 12.8 Å². The van der Waals surface area contributed by atoms with E-state index in [9.17, 15) is 4.79 Å². The van der Waals surface area contributed by atoms with Crippen molar-refractivity contribution in [3.8, 4) is 0 Å². The van der Waals surface area contributed by atoms with Crippen LogP contribution < -0.4 is 5.73 Å². The van der Waals surface area contributed by atoms with Crippen LogP contribution in [-0.4, -0.2) is 5.91 Å². The Morgan fingerprint density at radius 1 is 1.40 bits per heavy atom. The smallest absolute Gasteiger partial charge is 0.221 e. The molecule has 54 valence electrons. The molecule has 0 unspecified atom stereocenters. The number of hydrogen-bond acceptors (Lipinski definition) is 1. The highest BCUT2D eigenvalue weighted by Gasteiger charge is 2.38. The molecule has 2 aliphatic rings. The Morgan fingerprint density at radius 2 is 2.20 bits per heavy atom. The van der Waals surface area contributed by atoms with E-state index in [1.807, 2.05) is 0 Å². The summed E-state index contributed by atoms with van der Waals surface area (Å²) in [6, 6.07) is 0. The quantitative estimate of drug-likeness (QED) is 0.531. The second-order valence-electron chi connectivity index (χ2n) is 3.29. The van der Waals surface area contributed by atoms with Crippen LogP contribution in [0.4, 0.5) is 0 Å². The van der Waals surface area contributed by atoms with Gasteiger partial charge < -0.3 is 5.73 Å². The molecule has 2 nitrogen and oxygen atoms in total. The lowest BCUT2D eigenvalue weighted by molar-refractivity contribution is -0.122. The van der Waals surface area contributed by atoms with E-state index in [2.05, 4.69) is 12.2 Å². The number of hydrogen-bond donors (Lipinski definition) is 1. The van der Waals surface area contributed by atoms with E-state index in [4.69, 9.17) is 5.73 Å². The van der Waals surface area contributed by atoms with Crippen LogP contribution in [0.15, 0.2) is 12.2 Å². The predicted octanol–water partition coefficient (Wildman–Crippen LogP) is 0.684. The van der Waals surface area contributed by atoms with Gasteiger partial charge in [0.15, 0.2) is 0 Å². The van der Waals surface area contributed by atoms with Gasteiger partial charge in [-0.25, -0.2) is 0 Å². The van der Waals surface area contributed by atoms with Gasteiger partial charge in [0.1, 0.15) is 0 Å². The molecule has 10 heavy (non-hydrogen) atoms. The van der Waals surface area contributed by atoms with Crippen molar-refractivity contribution in [1.82, 2.24) is 0 Å². The molecule has 2 bridgehead atoms. The number of nitrogens with two attached hydrogens (primary N) is 1. The molecule has 0 radical (unpaired) electrons. The summed E-state index contributed by atoms with van der Waals surface area (Å²) in [6.45, 7) is 0. The van der Waals surface area contributed by atoms with Gasteiger partial charge in [-0.1, -0.05) is 12.2 Å². The number of rotatable bonds is 1. The molecule has 0 heterocycles. The number of carbonyl (C=O) groups excluding carboxylic acids is 1. The third-order valence-electron chi connectivity index (χ3n) is 2.64. The van der Waals surface area contributed by atoms with Gasteiger partial charge in [-0.15, -0.1) is 0 Å². The lowest BCUT2D eigenvalue weighted by Crippen LogP contribution is -2.26. The van der Waals surface area contributed by atoms with Crippen LogP contribution in [-0.2, 0) is 4.79 Å². The first-order valence-electron chi connectivity index (χ1n) is 3.75. The number of carbonyl (C=O) groups is 1. The Balaban J connectivity index is 2.16. The topological polar surface area (TPSA) is 43.1 Å². The number of primary amides is 1. The Kier molecular flexibility index (Phi) is 1.10. The molecular weight excluding hydrogens is 126 g/mol. The number of amides is 1. The zero-order valence-corrected chi connectivity index (χ0v) is 5.79. The third-order valence-corrected chi connectivity index (χ3v) is 2.64. The van der Waals surface area contributed by atoms with Crippen molar-refractivity contribution < 1.29 is 4.79 Å². The van der Waals surface area contributed by atoms with Crippen molar-refractivity contribution in [1.29, 1.82) is 0 Å². The van der Waals surface area contributed by atoms with Gasteiger partial charge in [-0.05, 0) is 24.7 Å². The highest BCUT2D eigenvalue weighted by molar-refractivity contribution is 5.78. The summed E-state index contributed by atoms with van der Waals surface area (Å²) >= 11 is 0. The van der Waals surface area contributed by atoms with E-state index in [-0.39, 0.29) is 11.8 Å². The first-order chi connectivity index (χ1) is 4.77. The summed E-state index contributed by atoms with van der Waals surface area (Å²) in [5, 5.41) is 0. The van der Waals surface area contributed by atoms with Crippen molar-refractivity contribution in [2.45, 2.75) is 12.8 Å². The average molecular weight is 137 g/mol. The standard InChI is InChI=1S/C8H11NO/c9-8(10)7-4-5-1-2-6(7)3-5/h1-2,5-7H,3-4H2,(H2,9,10)/t5-,6-,7-/m0/s1. The molecule has 0 aromatic heterocycles. The van der Waals surface area contributed by atoms with Crippen molar-refractivity contribution in [3.63, 3.8) is 0 Å². The lowest BCUT2D eigenvalue weighted by Gasteiger charge is -2.12. The number of allylic oxidation sites excluding steroid dienone is 2. The summed E-state index contributed by atoms with van der Waals surface area (Å²) in [5.41, 5.74) is 5.21. The lowest BCUT2D eigenvalue weighted by atomic mass is 9.93. The molecule has 0 aromatic rings. The minimum atomic E-state index is -0.114. The summed E-state index contributed by atoms with van der Waals surface area (Å²) in [4.78, 5) is 10.8. The Hall–Kier alpha value is -0.790. The monoisotopic (exact) mass is 137 g/mol. The maximum atomic E-state index is 10.8. The first-order valence-corrected chi connectivity index (χ1v) is 3.75. The van der Waals surface area contributed by atoms with Gasteiger partial charge in [0.2, 0.25) is 5.91 Å². The van der Waals surface area contributed by atoms with Gasteiger partial charge in [-0.2, -0.15) is 0 Å². The van der Waals surface area contributed by atoms with Crippen LogP contribution in [0.1, 0.15) is 12.8 Å². The predicted molar refractivity (Wildman–Crippen MR) is 38.0 cm³/mol. The number of fused-ring (bicyclic) bond motifs is 2. The molecule has 2 rings (SSSR count). The Labute approximate surface area is 60.1 Å².